The number of aromatic nitrogens is 1. The number of benzene rings is 2. The lowest BCUT2D eigenvalue weighted by Gasteiger charge is -2.11. The fraction of sp³-hybridized carbons (Fsp3) is 0.0556. The lowest BCUT2D eigenvalue weighted by Crippen LogP contribution is -2.05. The Hall–Kier alpha value is -2.82. The maximum absolute atomic E-state index is 12.6. The predicted octanol–water partition coefficient (Wildman–Crippen LogP) is 5.56. The van der Waals surface area contributed by atoms with E-state index in [0.29, 0.717) is 5.75 Å². The Balaban J connectivity index is 1.89. The minimum Gasteiger partial charge on any atom is -0.438 e. The number of ether oxygens (including phenoxy) is 1. The van der Waals surface area contributed by atoms with Crippen LogP contribution in [0.1, 0.15) is 5.56 Å². The van der Waals surface area contributed by atoms with Gasteiger partial charge in [-0.3, -0.25) is 0 Å². The zero-order valence-electron chi connectivity index (χ0n) is 11.9. The summed E-state index contributed by atoms with van der Waals surface area (Å²) in [4.78, 5) is 3.73. The number of hydrogen-bond acceptors (Lipinski definition) is 2. The van der Waals surface area contributed by atoms with Crippen LogP contribution in [0.4, 0.5) is 13.2 Å². The third-order valence-electron chi connectivity index (χ3n) is 3.25. The van der Waals surface area contributed by atoms with Crippen molar-refractivity contribution in [2.45, 2.75) is 6.18 Å². The minimum atomic E-state index is -4.41. The molecule has 0 aliphatic heterocycles. The molecule has 23 heavy (non-hydrogen) atoms. The summed E-state index contributed by atoms with van der Waals surface area (Å²) < 4.78 is 43.3. The normalized spacial score (nSPS) is 11.3. The standard InChI is InChI=1S/C18H12F3NO/c19-18(20,21)14-10-11-17(22-12-14)23-16-9-5-4-8-15(16)13-6-2-1-3-7-13/h1-12H. The lowest BCUT2D eigenvalue weighted by molar-refractivity contribution is -0.137. The zero-order chi connectivity index (χ0) is 16.3. The van der Waals surface area contributed by atoms with Gasteiger partial charge < -0.3 is 4.74 Å². The van der Waals surface area contributed by atoms with E-state index in [9.17, 15) is 13.2 Å². The smallest absolute Gasteiger partial charge is 0.417 e. The van der Waals surface area contributed by atoms with Gasteiger partial charge in [-0.05, 0) is 17.7 Å². The summed E-state index contributed by atoms with van der Waals surface area (Å²) in [5.41, 5.74) is 0.992. The van der Waals surface area contributed by atoms with Gasteiger partial charge in [0.15, 0.2) is 0 Å². The van der Waals surface area contributed by atoms with Gasteiger partial charge in [0.05, 0.1) is 5.56 Å². The van der Waals surface area contributed by atoms with E-state index in [1.165, 1.54) is 6.07 Å². The summed E-state index contributed by atoms with van der Waals surface area (Å²) in [7, 11) is 0. The van der Waals surface area contributed by atoms with Crippen LogP contribution in [0, 0.1) is 0 Å². The highest BCUT2D eigenvalue weighted by molar-refractivity contribution is 5.70. The highest BCUT2D eigenvalue weighted by atomic mass is 19.4. The quantitative estimate of drug-likeness (QED) is 0.631. The zero-order valence-corrected chi connectivity index (χ0v) is 11.9. The van der Waals surface area contributed by atoms with E-state index in [4.69, 9.17) is 4.74 Å². The fourth-order valence-corrected chi connectivity index (χ4v) is 2.13. The third-order valence-corrected chi connectivity index (χ3v) is 3.25. The van der Waals surface area contributed by atoms with E-state index in [1.807, 2.05) is 42.5 Å². The molecule has 1 aromatic heterocycles. The van der Waals surface area contributed by atoms with Crippen molar-refractivity contribution in [3.63, 3.8) is 0 Å². The van der Waals surface area contributed by atoms with Crippen LogP contribution in [0.2, 0.25) is 0 Å². The molecule has 0 bridgehead atoms. The third kappa shape index (κ3) is 3.51. The first kappa shape index (κ1) is 15.1. The molecule has 0 fully saturated rings. The number of pyridine rings is 1. The van der Waals surface area contributed by atoms with E-state index < -0.39 is 11.7 Å². The molecular formula is C18H12F3NO. The van der Waals surface area contributed by atoms with Gasteiger partial charge in [-0.1, -0.05) is 48.5 Å². The molecule has 0 N–H and O–H groups in total. The number of halogens is 3. The van der Waals surface area contributed by atoms with E-state index in [2.05, 4.69) is 4.98 Å². The molecule has 3 rings (SSSR count). The molecule has 0 aliphatic carbocycles. The van der Waals surface area contributed by atoms with Gasteiger partial charge in [0.25, 0.3) is 0 Å². The van der Waals surface area contributed by atoms with Crippen molar-refractivity contribution in [2.24, 2.45) is 0 Å². The van der Waals surface area contributed by atoms with Crippen molar-refractivity contribution in [3.05, 3.63) is 78.5 Å². The van der Waals surface area contributed by atoms with Crippen LogP contribution in [-0.2, 0) is 6.18 Å². The number of rotatable bonds is 3. The highest BCUT2D eigenvalue weighted by Crippen LogP contribution is 2.33. The van der Waals surface area contributed by atoms with Crippen molar-refractivity contribution >= 4 is 0 Å². The first-order valence-corrected chi connectivity index (χ1v) is 6.89. The first-order chi connectivity index (χ1) is 11.0. The molecule has 116 valence electrons. The monoisotopic (exact) mass is 315 g/mol. The molecule has 2 nitrogen and oxygen atoms in total. The molecule has 1 heterocycles. The average molecular weight is 315 g/mol. The van der Waals surface area contributed by atoms with E-state index in [-0.39, 0.29) is 5.88 Å². The molecular weight excluding hydrogens is 303 g/mol. The Morgan fingerprint density at radius 2 is 1.48 bits per heavy atom. The van der Waals surface area contributed by atoms with Crippen LogP contribution in [-0.4, -0.2) is 4.98 Å². The van der Waals surface area contributed by atoms with Gasteiger partial charge in [-0.25, -0.2) is 4.98 Å². The Kier molecular flexibility index (Phi) is 4.02. The number of alkyl halides is 3. The molecule has 0 amide bonds. The second-order valence-electron chi connectivity index (χ2n) is 4.85. The first-order valence-electron chi connectivity index (χ1n) is 6.89. The van der Waals surface area contributed by atoms with Crippen molar-refractivity contribution in [3.8, 4) is 22.8 Å². The predicted molar refractivity (Wildman–Crippen MR) is 81.2 cm³/mol. The van der Waals surface area contributed by atoms with Crippen LogP contribution in [0.15, 0.2) is 72.9 Å². The number of nitrogens with zero attached hydrogens (tertiary/aromatic N) is 1. The van der Waals surface area contributed by atoms with Crippen LogP contribution >= 0.6 is 0 Å². The molecule has 0 atom stereocenters. The molecule has 0 unspecified atom stereocenters. The molecule has 5 heteroatoms. The van der Waals surface area contributed by atoms with Crippen molar-refractivity contribution < 1.29 is 17.9 Å². The molecule has 3 aromatic rings. The van der Waals surface area contributed by atoms with Gasteiger partial charge in [-0.15, -0.1) is 0 Å². The second-order valence-corrected chi connectivity index (χ2v) is 4.85. The van der Waals surface area contributed by atoms with Crippen molar-refractivity contribution in [2.75, 3.05) is 0 Å². The van der Waals surface area contributed by atoms with Crippen LogP contribution < -0.4 is 4.74 Å². The number of hydrogen-bond donors (Lipinski definition) is 0. The summed E-state index contributed by atoms with van der Waals surface area (Å²) in [5.74, 6) is 0.646. The topological polar surface area (TPSA) is 22.1 Å². The summed E-state index contributed by atoms with van der Waals surface area (Å²) >= 11 is 0. The highest BCUT2D eigenvalue weighted by Gasteiger charge is 2.30. The van der Waals surface area contributed by atoms with Gasteiger partial charge in [0.1, 0.15) is 5.75 Å². The van der Waals surface area contributed by atoms with Crippen LogP contribution in [0.5, 0.6) is 11.6 Å². The van der Waals surface area contributed by atoms with Crippen molar-refractivity contribution in [1.82, 2.24) is 4.98 Å². The maximum atomic E-state index is 12.6. The summed E-state index contributed by atoms with van der Waals surface area (Å²) in [6.07, 6.45) is -3.64. The molecule has 0 spiro atoms. The maximum Gasteiger partial charge on any atom is 0.417 e. The largest absolute Gasteiger partial charge is 0.438 e. The van der Waals surface area contributed by atoms with E-state index >= 15 is 0 Å². The van der Waals surface area contributed by atoms with Gasteiger partial charge in [0, 0.05) is 17.8 Å². The second kappa shape index (κ2) is 6.12. The summed E-state index contributed by atoms with van der Waals surface area (Å²) in [6, 6.07) is 19.1. The molecule has 0 radical (unpaired) electrons. The van der Waals surface area contributed by atoms with Gasteiger partial charge >= 0.3 is 6.18 Å². The summed E-state index contributed by atoms with van der Waals surface area (Å²) in [5, 5.41) is 0. The SMILES string of the molecule is FC(F)(F)c1ccc(Oc2ccccc2-c2ccccc2)nc1. The molecule has 0 saturated carbocycles. The van der Waals surface area contributed by atoms with Gasteiger partial charge in [-0.2, -0.15) is 13.2 Å². The van der Waals surface area contributed by atoms with Crippen LogP contribution in [0.25, 0.3) is 11.1 Å². The lowest BCUT2D eigenvalue weighted by atomic mass is 10.1. The van der Waals surface area contributed by atoms with Crippen molar-refractivity contribution in [1.29, 1.82) is 0 Å². The Morgan fingerprint density at radius 3 is 2.13 bits per heavy atom. The minimum absolute atomic E-state index is 0.112. The fourth-order valence-electron chi connectivity index (χ4n) is 2.13. The Bertz CT molecular complexity index is 783. The van der Waals surface area contributed by atoms with Crippen LogP contribution in [0.3, 0.4) is 0 Å². The van der Waals surface area contributed by atoms with Gasteiger partial charge in [0.2, 0.25) is 5.88 Å². The molecule has 0 saturated heterocycles. The van der Waals surface area contributed by atoms with E-state index in [0.717, 1.165) is 23.4 Å². The Morgan fingerprint density at radius 1 is 0.783 bits per heavy atom. The molecule has 2 aromatic carbocycles. The number of para-hydroxylation sites is 1. The van der Waals surface area contributed by atoms with E-state index in [1.54, 1.807) is 12.1 Å². The average Bonchev–Trinajstić information content (AvgIpc) is 2.56. The summed E-state index contributed by atoms with van der Waals surface area (Å²) in [6.45, 7) is 0. The Labute approximate surface area is 131 Å². The molecule has 0 aliphatic rings.